The highest BCUT2D eigenvalue weighted by Gasteiger charge is 2.34. The lowest BCUT2D eigenvalue weighted by atomic mass is 9.89. The molecule has 0 spiro atoms. The Kier molecular flexibility index (Phi) is 9.80. The fraction of sp³-hybridized carbons (Fsp3) is 0.548. The summed E-state index contributed by atoms with van der Waals surface area (Å²) in [6, 6.07) is 14.5. The van der Waals surface area contributed by atoms with Crippen molar-refractivity contribution in [1.29, 1.82) is 0 Å². The topological polar surface area (TPSA) is 82.1 Å². The highest BCUT2D eigenvalue weighted by molar-refractivity contribution is 6.00. The smallest absolute Gasteiger partial charge is 0.258 e. The van der Waals surface area contributed by atoms with E-state index in [2.05, 4.69) is 24.2 Å². The van der Waals surface area contributed by atoms with Crippen molar-refractivity contribution in [3.63, 3.8) is 0 Å². The molecule has 1 aliphatic heterocycles. The van der Waals surface area contributed by atoms with E-state index in [-0.39, 0.29) is 42.9 Å². The van der Waals surface area contributed by atoms with Crippen LogP contribution < -0.4 is 10.1 Å². The van der Waals surface area contributed by atoms with Gasteiger partial charge in [0.05, 0.1) is 24.6 Å². The molecule has 206 valence electrons. The number of aliphatic hydroxyl groups is 1. The van der Waals surface area contributed by atoms with Gasteiger partial charge in [-0.25, -0.2) is 0 Å². The number of amides is 2. The summed E-state index contributed by atoms with van der Waals surface area (Å²) in [4.78, 5) is 30.5. The van der Waals surface area contributed by atoms with Crippen LogP contribution in [-0.2, 0) is 11.2 Å². The summed E-state index contributed by atoms with van der Waals surface area (Å²) in [5.41, 5.74) is 1.89. The van der Waals surface area contributed by atoms with Crippen LogP contribution in [0.2, 0.25) is 0 Å². The van der Waals surface area contributed by atoms with Gasteiger partial charge in [0.15, 0.2) is 0 Å². The molecule has 2 amide bonds. The van der Waals surface area contributed by atoms with Gasteiger partial charge in [-0.3, -0.25) is 9.59 Å². The van der Waals surface area contributed by atoms with Crippen LogP contribution >= 0.6 is 0 Å². The molecule has 0 saturated heterocycles. The van der Waals surface area contributed by atoms with Gasteiger partial charge in [-0.1, -0.05) is 56.5 Å². The van der Waals surface area contributed by atoms with E-state index < -0.39 is 0 Å². The van der Waals surface area contributed by atoms with Gasteiger partial charge in [0.1, 0.15) is 11.9 Å². The number of rotatable bonds is 9. The first-order chi connectivity index (χ1) is 18.3. The summed E-state index contributed by atoms with van der Waals surface area (Å²) < 4.78 is 6.53. The molecule has 4 rings (SSSR count). The minimum Gasteiger partial charge on any atom is -0.488 e. The molecule has 0 radical (unpaired) electrons. The number of benzene rings is 2. The zero-order valence-electron chi connectivity index (χ0n) is 23.1. The molecule has 1 aliphatic carbocycles. The van der Waals surface area contributed by atoms with Gasteiger partial charge in [-0.15, -0.1) is 0 Å². The van der Waals surface area contributed by atoms with Crippen LogP contribution in [0.4, 0.5) is 5.69 Å². The van der Waals surface area contributed by atoms with Crippen molar-refractivity contribution in [3.8, 4) is 5.75 Å². The number of hydrogen-bond donors (Lipinski definition) is 2. The molecular formula is C31H43N3O4. The van der Waals surface area contributed by atoms with Crippen LogP contribution in [0.25, 0.3) is 0 Å². The number of nitrogens with zero attached hydrogens (tertiary/aromatic N) is 2. The molecule has 1 heterocycles. The van der Waals surface area contributed by atoms with Crippen molar-refractivity contribution >= 4 is 17.5 Å². The molecule has 7 nitrogen and oxygen atoms in total. The number of anilines is 1. The minimum atomic E-state index is -0.326. The number of fused-ring (bicyclic) bond motifs is 1. The van der Waals surface area contributed by atoms with E-state index in [4.69, 9.17) is 4.74 Å². The zero-order valence-corrected chi connectivity index (χ0v) is 23.1. The van der Waals surface area contributed by atoms with E-state index in [1.807, 2.05) is 37.3 Å². The summed E-state index contributed by atoms with van der Waals surface area (Å²) in [6.45, 7) is 6.18. The van der Waals surface area contributed by atoms with Crippen LogP contribution in [0.3, 0.4) is 0 Å². The Morgan fingerprint density at radius 2 is 1.87 bits per heavy atom. The third-order valence-electron chi connectivity index (χ3n) is 7.94. The highest BCUT2D eigenvalue weighted by atomic mass is 16.5. The first-order valence-corrected chi connectivity index (χ1v) is 14.1. The first kappa shape index (κ1) is 28.1. The number of carbonyl (C=O) groups excluding carboxylic acids is 2. The predicted octanol–water partition coefficient (Wildman–Crippen LogP) is 4.60. The number of nitrogens with one attached hydrogen (secondary N) is 1. The van der Waals surface area contributed by atoms with Gasteiger partial charge < -0.3 is 25.0 Å². The fourth-order valence-electron chi connectivity index (χ4n) is 5.70. The maximum atomic E-state index is 13.7. The first-order valence-electron chi connectivity index (χ1n) is 14.1. The zero-order chi connectivity index (χ0) is 27.1. The molecule has 0 bridgehead atoms. The largest absolute Gasteiger partial charge is 0.488 e. The Morgan fingerprint density at radius 3 is 2.58 bits per heavy atom. The van der Waals surface area contributed by atoms with Crippen LogP contribution in [0, 0.1) is 11.8 Å². The van der Waals surface area contributed by atoms with Crippen molar-refractivity contribution in [2.24, 2.45) is 11.8 Å². The van der Waals surface area contributed by atoms with Gasteiger partial charge >= 0.3 is 0 Å². The molecule has 2 aromatic rings. The Balaban J connectivity index is 1.53. The van der Waals surface area contributed by atoms with Gasteiger partial charge in [0, 0.05) is 31.2 Å². The normalized spacial score (nSPS) is 21.3. The molecule has 2 N–H and O–H groups in total. The van der Waals surface area contributed by atoms with Crippen LogP contribution in [0.1, 0.15) is 61.9 Å². The van der Waals surface area contributed by atoms with Crippen molar-refractivity contribution in [2.75, 3.05) is 38.6 Å². The Bertz CT molecular complexity index is 1070. The van der Waals surface area contributed by atoms with E-state index in [0.29, 0.717) is 23.5 Å². The summed E-state index contributed by atoms with van der Waals surface area (Å²) in [6.07, 6.45) is 6.73. The fourth-order valence-corrected chi connectivity index (χ4v) is 5.70. The second kappa shape index (κ2) is 13.3. The molecule has 38 heavy (non-hydrogen) atoms. The number of hydrogen-bond acceptors (Lipinski definition) is 5. The van der Waals surface area contributed by atoms with Gasteiger partial charge in [-0.2, -0.15) is 0 Å². The SMILES string of the molecule is C[C@@H]1CN([C@@H](C)CO)C(=O)c2cc(NC(=O)Cc3ccccc3)ccc2O[C@H]1CN(C)CC1CCCCC1. The average Bonchev–Trinajstić information content (AvgIpc) is 2.91. The van der Waals surface area contributed by atoms with Crippen molar-refractivity contribution in [3.05, 3.63) is 59.7 Å². The second-order valence-electron chi connectivity index (χ2n) is 11.3. The Hall–Kier alpha value is -2.90. The molecular weight excluding hydrogens is 478 g/mol. The third kappa shape index (κ3) is 7.35. The molecule has 0 aromatic heterocycles. The van der Waals surface area contributed by atoms with E-state index in [1.165, 1.54) is 32.1 Å². The molecule has 1 saturated carbocycles. The standard InChI is InChI=1S/C31H43N3O4/c1-22-18-34(23(2)21-35)31(37)27-17-26(32-30(36)16-24-10-6-4-7-11-24)14-15-28(27)38-29(22)20-33(3)19-25-12-8-5-9-13-25/h4,6-7,10-11,14-15,17,22-23,25,29,35H,5,8-9,12-13,16,18-21H2,1-3H3,(H,32,36)/t22-,23+,29+/m1/s1. The van der Waals surface area contributed by atoms with Crippen LogP contribution in [-0.4, -0.2) is 72.2 Å². The second-order valence-corrected chi connectivity index (χ2v) is 11.3. The molecule has 2 aliphatic rings. The third-order valence-corrected chi connectivity index (χ3v) is 7.94. The Morgan fingerprint density at radius 1 is 1.13 bits per heavy atom. The number of likely N-dealkylation sites (N-methyl/N-ethyl adjacent to an activating group) is 1. The maximum absolute atomic E-state index is 13.7. The number of carbonyl (C=O) groups is 2. The van der Waals surface area contributed by atoms with Crippen LogP contribution in [0.15, 0.2) is 48.5 Å². The van der Waals surface area contributed by atoms with E-state index >= 15 is 0 Å². The van der Waals surface area contributed by atoms with E-state index in [1.54, 1.807) is 23.1 Å². The lowest BCUT2D eigenvalue weighted by Gasteiger charge is -2.38. The van der Waals surface area contributed by atoms with Crippen molar-refractivity contribution in [2.45, 2.75) is 64.5 Å². The molecule has 7 heteroatoms. The lowest BCUT2D eigenvalue weighted by molar-refractivity contribution is -0.115. The highest BCUT2D eigenvalue weighted by Crippen LogP contribution is 2.31. The number of ether oxygens (including phenoxy) is 1. The monoisotopic (exact) mass is 521 g/mol. The minimum absolute atomic E-state index is 0.0835. The van der Waals surface area contributed by atoms with Gasteiger partial charge in [0.25, 0.3) is 5.91 Å². The summed E-state index contributed by atoms with van der Waals surface area (Å²) in [7, 11) is 2.16. The molecule has 0 unspecified atom stereocenters. The summed E-state index contributed by atoms with van der Waals surface area (Å²) >= 11 is 0. The van der Waals surface area contributed by atoms with Crippen molar-refractivity contribution < 1.29 is 19.4 Å². The molecule has 1 fully saturated rings. The van der Waals surface area contributed by atoms with E-state index in [0.717, 1.165) is 24.6 Å². The predicted molar refractivity (Wildman–Crippen MR) is 150 cm³/mol. The quantitative estimate of drug-likeness (QED) is 0.504. The maximum Gasteiger partial charge on any atom is 0.258 e. The van der Waals surface area contributed by atoms with Gasteiger partial charge in [-0.05, 0) is 56.5 Å². The van der Waals surface area contributed by atoms with Gasteiger partial charge in [0.2, 0.25) is 5.91 Å². The molecule has 2 aromatic carbocycles. The lowest BCUT2D eigenvalue weighted by Crippen LogP contribution is -2.50. The summed E-state index contributed by atoms with van der Waals surface area (Å²) in [5.74, 6) is 1.00. The Labute approximate surface area is 227 Å². The average molecular weight is 522 g/mol. The van der Waals surface area contributed by atoms with E-state index in [9.17, 15) is 14.7 Å². The molecule has 3 atom stereocenters. The summed E-state index contributed by atoms with van der Waals surface area (Å²) in [5, 5.41) is 12.8. The van der Waals surface area contributed by atoms with Crippen LogP contribution in [0.5, 0.6) is 5.75 Å². The number of aliphatic hydroxyl groups excluding tert-OH is 1. The van der Waals surface area contributed by atoms with Crippen molar-refractivity contribution in [1.82, 2.24) is 9.80 Å².